The van der Waals surface area contributed by atoms with Crippen LogP contribution in [0.5, 0.6) is 0 Å². The summed E-state index contributed by atoms with van der Waals surface area (Å²) >= 11 is 13.7. The summed E-state index contributed by atoms with van der Waals surface area (Å²) in [6, 6.07) is 0. The van der Waals surface area contributed by atoms with Crippen molar-refractivity contribution in [2.24, 2.45) is 23.7 Å². The van der Waals surface area contributed by atoms with Crippen molar-refractivity contribution in [3.8, 4) is 0 Å². The minimum atomic E-state index is 0. The third-order valence-electron chi connectivity index (χ3n) is 12.5. The standard InChI is InChI=1S/2C11H19BrO.2C11H21Br.C4H8O.4CH3.B.2Fe/c2*12-9-5-1-2-8-11(13)10-6-3-4-7-10;2*12-10-6-2-1-3-7-11-8-4-5-9-11;1-2-4-5-3-1;;;;;;;/h2*10H,1-9H2;2*11H,1-10H2;1-4H2;4*1H3;;;/q;;;;;4*-1;;2*+2. The second kappa shape index (κ2) is 61.3. The number of hydrogen-bond acceptors (Lipinski definition) is 3. The van der Waals surface area contributed by atoms with E-state index in [1.54, 1.807) is 0 Å². The molecule has 5 rings (SSSR count). The van der Waals surface area contributed by atoms with E-state index in [4.69, 9.17) is 4.74 Å². The van der Waals surface area contributed by atoms with Crippen LogP contribution in [0.15, 0.2) is 0 Å². The smallest absolute Gasteiger partial charge is 0.381 e. The Balaban J connectivity index is -0.000000121. The van der Waals surface area contributed by atoms with Gasteiger partial charge >= 0.3 is 34.1 Å². The van der Waals surface area contributed by atoms with Gasteiger partial charge in [-0.25, -0.2) is 0 Å². The van der Waals surface area contributed by atoms with Crippen LogP contribution < -0.4 is 0 Å². The first-order valence-electron chi connectivity index (χ1n) is 23.9. The van der Waals surface area contributed by atoms with Crippen molar-refractivity contribution in [1.82, 2.24) is 0 Å². The molecule has 4 saturated carbocycles. The predicted octanol–water partition coefficient (Wildman–Crippen LogP) is 18.7. The largest absolute Gasteiger partial charge is 2.00 e. The molecule has 0 unspecified atom stereocenters. The summed E-state index contributed by atoms with van der Waals surface area (Å²) in [7, 11) is 0. The van der Waals surface area contributed by atoms with Gasteiger partial charge in [0.25, 0.3) is 0 Å². The molecule has 0 spiro atoms. The zero-order valence-electron chi connectivity index (χ0n) is 41.0. The molecule has 5 aliphatic rings. The van der Waals surface area contributed by atoms with Crippen LogP contribution in [-0.2, 0) is 48.5 Å². The molecule has 3 nitrogen and oxygen atoms in total. The molecule has 3 radical (unpaired) electrons. The molecule has 1 saturated heterocycles. The fourth-order valence-corrected chi connectivity index (χ4v) is 10.5. The summed E-state index contributed by atoms with van der Waals surface area (Å²) in [5.41, 5.74) is 0. The molecule has 10 heteroatoms. The van der Waals surface area contributed by atoms with Crippen LogP contribution in [0, 0.1) is 53.4 Å². The average Bonchev–Trinajstić information content (AvgIpc) is 4.06. The number of alkyl halides is 4. The number of carbonyl (C=O) groups excluding carboxylic acids is 2. The van der Waals surface area contributed by atoms with Crippen LogP contribution in [0.4, 0.5) is 0 Å². The van der Waals surface area contributed by atoms with Crippen LogP contribution in [-0.4, -0.2) is 54.5 Å². The van der Waals surface area contributed by atoms with Gasteiger partial charge in [-0.2, -0.15) is 0 Å². The van der Waals surface area contributed by atoms with Crippen molar-refractivity contribution in [3.05, 3.63) is 29.7 Å². The molecule has 0 aromatic heterocycles. The maximum Gasteiger partial charge on any atom is 2.00 e. The molecular weight excluding hydrogens is 1110 g/mol. The van der Waals surface area contributed by atoms with Crippen LogP contribution in [0.1, 0.15) is 231 Å². The summed E-state index contributed by atoms with van der Waals surface area (Å²) in [5, 5.41) is 4.53. The van der Waals surface area contributed by atoms with E-state index in [1.165, 1.54) is 190 Å². The quantitative estimate of drug-likeness (QED) is 0.0419. The van der Waals surface area contributed by atoms with Crippen LogP contribution >= 0.6 is 63.7 Å². The topological polar surface area (TPSA) is 43.4 Å². The van der Waals surface area contributed by atoms with Crippen LogP contribution in [0.3, 0.4) is 0 Å². The number of carbonyl (C=O) groups is 2. The van der Waals surface area contributed by atoms with Gasteiger partial charge in [-0.3, -0.25) is 9.59 Å². The first kappa shape index (κ1) is 78.5. The Morgan fingerprint density at radius 2 is 0.629 bits per heavy atom. The van der Waals surface area contributed by atoms with Crippen LogP contribution in [0.2, 0.25) is 0 Å². The van der Waals surface area contributed by atoms with Gasteiger partial charge in [-0.05, 0) is 88.9 Å². The predicted molar refractivity (Wildman–Crippen MR) is 288 cm³/mol. The van der Waals surface area contributed by atoms with Gasteiger partial charge in [-0.15, -0.1) is 0 Å². The van der Waals surface area contributed by atoms with E-state index in [0.29, 0.717) is 23.4 Å². The van der Waals surface area contributed by atoms with E-state index in [9.17, 15) is 9.59 Å². The summed E-state index contributed by atoms with van der Waals surface area (Å²) in [6.45, 7) is 2.00. The molecule has 1 heterocycles. The third-order valence-corrected chi connectivity index (χ3v) is 14.7. The second-order valence-electron chi connectivity index (χ2n) is 17.3. The molecule has 0 N–H and O–H groups in total. The molecule has 373 valence electrons. The van der Waals surface area contributed by atoms with Crippen molar-refractivity contribution in [3.63, 3.8) is 0 Å². The van der Waals surface area contributed by atoms with Crippen molar-refractivity contribution in [1.29, 1.82) is 0 Å². The Morgan fingerprint density at radius 3 is 0.887 bits per heavy atom. The van der Waals surface area contributed by atoms with E-state index in [-0.39, 0.29) is 72.3 Å². The molecular formula is C52H100BBr4Fe2O3. The molecule has 62 heavy (non-hydrogen) atoms. The Morgan fingerprint density at radius 1 is 0.371 bits per heavy atom. The van der Waals surface area contributed by atoms with Crippen LogP contribution in [0.25, 0.3) is 0 Å². The molecule has 0 amide bonds. The summed E-state index contributed by atoms with van der Waals surface area (Å²) in [5.74, 6) is 4.15. The Hall–Kier alpha value is 2.32. The summed E-state index contributed by atoms with van der Waals surface area (Å²) < 4.78 is 4.94. The van der Waals surface area contributed by atoms with Crippen molar-refractivity contribution in [2.45, 2.75) is 231 Å². The number of halogens is 4. The van der Waals surface area contributed by atoms with Gasteiger partial charge in [-0.1, -0.05) is 205 Å². The van der Waals surface area contributed by atoms with E-state index in [0.717, 1.165) is 87.1 Å². The SMILES string of the molecule is BrCCCCCCC1CCCC1.BrCCCCCCC1CCCC1.C1CCOC1.O=C(CCCCCBr)C1CCCC1.O=C(CCCCCBr)C1CCCC1.[B].[CH3-].[CH3-].[CH3-].[CH3-].[Fe+2].[Fe+2]. The number of hydrogen-bond donors (Lipinski definition) is 0. The van der Waals surface area contributed by atoms with Gasteiger partial charge < -0.3 is 34.4 Å². The van der Waals surface area contributed by atoms with Gasteiger partial charge in [0.2, 0.25) is 0 Å². The Labute approximate surface area is 447 Å². The first-order chi connectivity index (χ1) is 27.0. The average molecular weight is 1220 g/mol. The summed E-state index contributed by atoms with van der Waals surface area (Å²) in [4.78, 5) is 23.2. The molecule has 4 aliphatic carbocycles. The molecule has 0 aromatic carbocycles. The number of Topliss-reactive ketones (excluding diaryl/α,β-unsaturated/α-hetero) is 2. The minimum absolute atomic E-state index is 0. The number of rotatable bonds is 24. The van der Waals surface area contributed by atoms with Gasteiger partial charge in [0.05, 0.1) is 0 Å². The molecule has 5 fully saturated rings. The summed E-state index contributed by atoms with van der Waals surface area (Å²) in [6.07, 6.45) is 47.6. The normalized spacial score (nSPS) is 16.7. The molecule has 0 bridgehead atoms. The Bertz CT molecular complexity index is 765. The molecule has 0 aromatic rings. The monoisotopic (exact) mass is 1210 g/mol. The zero-order chi connectivity index (χ0) is 39.9. The third kappa shape index (κ3) is 48.8. The van der Waals surface area contributed by atoms with Gasteiger partial charge in [0, 0.05) is 67.6 Å². The number of ketones is 2. The van der Waals surface area contributed by atoms with Crippen molar-refractivity contribution >= 4 is 83.7 Å². The van der Waals surface area contributed by atoms with Gasteiger partial charge in [0.15, 0.2) is 0 Å². The zero-order valence-corrected chi connectivity index (χ0v) is 49.6. The maximum atomic E-state index is 11.6. The molecule has 0 atom stereocenters. The van der Waals surface area contributed by atoms with E-state index >= 15 is 0 Å². The second-order valence-corrected chi connectivity index (χ2v) is 20.5. The van der Waals surface area contributed by atoms with Gasteiger partial charge in [0.1, 0.15) is 11.6 Å². The molecule has 1 aliphatic heterocycles. The van der Waals surface area contributed by atoms with Crippen molar-refractivity contribution in [2.75, 3.05) is 34.5 Å². The van der Waals surface area contributed by atoms with Crippen molar-refractivity contribution < 1.29 is 48.5 Å². The van der Waals surface area contributed by atoms with E-state index in [1.807, 2.05) is 0 Å². The fraction of sp³-hybridized carbons (Fsp3) is 0.885. The number of unbranched alkanes of at least 4 members (excludes halogenated alkanes) is 10. The van der Waals surface area contributed by atoms with E-state index < -0.39 is 0 Å². The van der Waals surface area contributed by atoms with E-state index in [2.05, 4.69) is 63.7 Å². The Kier molecular flexibility index (Phi) is 77.7. The fourth-order valence-electron chi connectivity index (χ4n) is 8.92. The number of ether oxygens (including phenoxy) is 1. The maximum absolute atomic E-state index is 11.6. The first-order valence-corrected chi connectivity index (χ1v) is 28.4. The minimum Gasteiger partial charge on any atom is -0.381 e.